The smallest absolute Gasteiger partial charge is 0.324 e. The van der Waals surface area contributed by atoms with E-state index in [0.29, 0.717) is 6.54 Å². The number of anilines is 2. The highest BCUT2D eigenvalue weighted by atomic mass is 16.7. The molecule has 0 bridgehead atoms. The lowest BCUT2D eigenvalue weighted by Gasteiger charge is -2.16. The van der Waals surface area contributed by atoms with E-state index in [1.807, 2.05) is 54.6 Å². The van der Waals surface area contributed by atoms with E-state index in [4.69, 9.17) is 4.84 Å². The normalized spacial score (nSPS) is 12.9. The summed E-state index contributed by atoms with van der Waals surface area (Å²) >= 11 is 0. The Labute approximate surface area is 111 Å². The van der Waals surface area contributed by atoms with Gasteiger partial charge >= 0.3 is 6.09 Å². The van der Waals surface area contributed by atoms with Crippen molar-refractivity contribution >= 4 is 17.5 Å². The molecule has 1 amide bonds. The number of para-hydroxylation sites is 2. The summed E-state index contributed by atoms with van der Waals surface area (Å²) in [5, 5.41) is 0. The fourth-order valence-corrected chi connectivity index (χ4v) is 2.19. The van der Waals surface area contributed by atoms with Crippen molar-refractivity contribution in [1.29, 1.82) is 0 Å². The molecule has 19 heavy (non-hydrogen) atoms. The van der Waals surface area contributed by atoms with Gasteiger partial charge in [0.2, 0.25) is 0 Å². The van der Waals surface area contributed by atoms with Gasteiger partial charge in [-0.05, 0) is 30.2 Å². The summed E-state index contributed by atoms with van der Waals surface area (Å²) in [5.41, 5.74) is 5.53. The van der Waals surface area contributed by atoms with E-state index in [1.54, 1.807) is 4.90 Å². The summed E-state index contributed by atoms with van der Waals surface area (Å²) in [4.78, 5) is 18.8. The van der Waals surface area contributed by atoms with E-state index in [-0.39, 0.29) is 6.09 Å². The zero-order chi connectivity index (χ0) is 13.1. The number of carbonyl (C=O) groups excluding carboxylic acids is 1. The molecule has 2 aromatic rings. The van der Waals surface area contributed by atoms with E-state index < -0.39 is 0 Å². The Kier molecular flexibility index (Phi) is 3.06. The third-order valence-electron chi connectivity index (χ3n) is 3.14. The zero-order valence-corrected chi connectivity index (χ0v) is 10.4. The van der Waals surface area contributed by atoms with E-state index in [1.165, 1.54) is 5.56 Å². The molecule has 0 unspecified atom stereocenters. The van der Waals surface area contributed by atoms with E-state index in [0.717, 1.165) is 17.8 Å². The summed E-state index contributed by atoms with van der Waals surface area (Å²) in [5.74, 6) is 0. The van der Waals surface area contributed by atoms with Crippen molar-refractivity contribution in [3.63, 3.8) is 0 Å². The number of rotatable bonds is 2. The number of nitrogens with zero attached hydrogens (tertiary/aromatic N) is 1. The van der Waals surface area contributed by atoms with Crippen LogP contribution in [0, 0.1) is 0 Å². The van der Waals surface area contributed by atoms with Gasteiger partial charge in [-0.25, -0.2) is 10.3 Å². The van der Waals surface area contributed by atoms with Crippen LogP contribution in [-0.2, 0) is 11.3 Å². The highest BCUT2D eigenvalue weighted by Gasteiger charge is 2.25. The van der Waals surface area contributed by atoms with Crippen molar-refractivity contribution in [3.05, 3.63) is 60.2 Å². The number of benzene rings is 2. The highest BCUT2D eigenvalue weighted by molar-refractivity contribution is 5.90. The molecule has 2 aromatic carbocycles. The summed E-state index contributed by atoms with van der Waals surface area (Å²) in [7, 11) is 0. The van der Waals surface area contributed by atoms with Crippen LogP contribution in [0.4, 0.5) is 16.2 Å². The Bertz CT molecular complexity index is 584. The minimum absolute atomic E-state index is 0.381. The van der Waals surface area contributed by atoms with Crippen molar-refractivity contribution in [1.82, 2.24) is 0 Å². The van der Waals surface area contributed by atoms with E-state index >= 15 is 0 Å². The zero-order valence-electron chi connectivity index (χ0n) is 10.4. The molecule has 1 aliphatic heterocycles. The molecule has 1 aliphatic rings. The summed E-state index contributed by atoms with van der Waals surface area (Å²) in [6.45, 7) is 0.661. The van der Waals surface area contributed by atoms with Gasteiger partial charge in [0.05, 0.1) is 11.4 Å². The molecule has 1 heterocycles. The Morgan fingerprint density at radius 3 is 2.63 bits per heavy atom. The molecule has 0 saturated carbocycles. The molecule has 0 fully saturated rings. The lowest BCUT2D eigenvalue weighted by Crippen LogP contribution is -2.31. The Balaban J connectivity index is 1.66. The first-order valence-electron chi connectivity index (χ1n) is 6.22. The van der Waals surface area contributed by atoms with Gasteiger partial charge in [0, 0.05) is 6.54 Å². The SMILES string of the molecule is O=C(ONc1ccccc1)N1CCc2ccccc21. The number of nitrogens with one attached hydrogen (secondary N) is 1. The van der Waals surface area contributed by atoms with Crippen LogP contribution >= 0.6 is 0 Å². The Morgan fingerprint density at radius 2 is 1.79 bits per heavy atom. The quantitative estimate of drug-likeness (QED) is 0.837. The van der Waals surface area contributed by atoms with Gasteiger partial charge in [-0.1, -0.05) is 36.4 Å². The van der Waals surface area contributed by atoms with Crippen molar-refractivity contribution in [2.24, 2.45) is 0 Å². The first kappa shape index (κ1) is 11.6. The van der Waals surface area contributed by atoms with Crippen LogP contribution < -0.4 is 10.4 Å². The van der Waals surface area contributed by atoms with Gasteiger partial charge < -0.3 is 4.84 Å². The first-order chi connectivity index (χ1) is 9.34. The summed E-state index contributed by atoms with van der Waals surface area (Å²) < 4.78 is 0. The first-order valence-corrected chi connectivity index (χ1v) is 6.22. The molecule has 0 aliphatic carbocycles. The fraction of sp³-hybridized carbons (Fsp3) is 0.133. The molecule has 0 atom stereocenters. The van der Waals surface area contributed by atoms with Gasteiger partial charge in [-0.2, -0.15) is 0 Å². The van der Waals surface area contributed by atoms with Crippen molar-refractivity contribution in [3.8, 4) is 0 Å². The maximum absolute atomic E-state index is 12.0. The second-order valence-corrected chi connectivity index (χ2v) is 4.37. The van der Waals surface area contributed by atoms with Crippen molar-refractivity contribution in [2.75, 3.05) is 16.9 Å². The minimum Gasteiger partial charge on any atom is -0.324 e. The molecule has 0 aromatic heterocycles. The molecule has 96 valence electrons. The third kappa shape index (κ3) is 2.38. The van der Waals surface area contributed by atoms with Crippen LogP contribution in [0.1, 0.15) is 5.56 Å². The Hall–Kier alpha value is -2.49. The van der Waals surface area contributed by atoms with E-state index in [2.05, 4.69) is 5.48 Å². The number of hydrogen-bond acceptors (Lipinski definition) is 3. The van der Waals surface area contributed by atoms with Gasteiger partial charge in [0.25, 0.3) is 0 Å². The minimum atomic E-state index is -0.381. The molecule has 0 spiro atoms. The molecule has 3 rings (SSSR count). The average molecular weight is 254 g/mol. The molecule has 0 radical (unpaired) electrons. The fourth-order valence-electron chi connectivity index (χ4n) is 2.19. The van der Waals surface area contributed by atoms with Gasteiger partial charge in [0.15, 0.2) is 0 Å². The molecule has 4 heteroatoms. The number of carbonyl (C=O) groups is 1. The van der Waals surface area contributed by atoms with Gasteiger partial charge in [-0.15, -0.1) is 0 Å². The molecule has 0 saturated heterocycles. The molecular formula is C15H14N2O2. The molecule has 4 nitrogen and oxygen atoms in total. The van der Waals surface area contributed by atoms with Crippen molar-refractivity contribution in [2.45, 2.75) is 6.42 Å². The van der Waals surface area contributed by atoms with Crippen LogP contribution in [0.3, 0.4) is 0 Å². The predicted octanol–water partition coefficient (Wildman–Crippen LogP) is 3.21. The highest BCUT2D eigenvalue weighted by Crippen LogP contribution is 2.27. The van der Waals surface area contributed by atoms with E-state index in [9.17, 15) is 4.79 Å². The molecule has 1 N–H and O–H groups in total. The molecular weight excluding hydrogens is 240 g/mol. The van der Waals surface area contributed by atoms with Crippen LogP contribution in [0.2, 0.25) is 0 Å². The lowest BCUT2D eigenvalue weighted by molar-refractivity contribution is 0.178. The van der Waals surface area contributed by atoms with Gasteiger partial charge in [0.1, 0.15) is 0 Å². The predicted molar refractivity (Wildman–Crippen MR) is 74.0 cm³/mol. The second-order valence-electron chi connectivity index (χ2n) is 4.37. The number of hydrogen-bond donors (Lipinski definition) is 1. The Morgan fingerprint density at radius 1 is 1.05 bits per heavy atom. The monoisotopic (exact) mass is 254 g/mol. The average Bonchev–Trinajstić information content (AvgIpc) is 2.90. The summed E-state index contributed by atoms with van der Waals surface area (Å²) in [6.07, 6.45) is 0.491. The largest absolute Gasteiger partial charge is 0.438 e. The number of amides is 1. The topological polar surface area (TPSA) is 41.6 Å². The van der Waals surface area contributed by atoms with Crippen molar-refractivity contribution < 1.29 is 9.63 Å². The standard InChI is InChI=1S/C15H14N2O2/c18-15(19-16-13-7-2-1-3-8-13)17-11-10-12-6-4-5-9-14(12)17/h1-9,16H,10-11H2. The van der Waals surface area contributed by atoms with Crippen LogP contribution in [0.15, 0.2) is 54.6 Å². The van der Waals surface area contributed by atoms with Crippen LogP contribution in [-0.4, -0.2) is 12.6 Å². The maximum Gasteiger partial charge on any atom is 0.438 e. The third-order valence-corrected chi connectivity index (χ3v) is 3.14. The number of fused-ring (bicyclic) bond motifs is 1. The summed E-state index contributed by atoms with van der Waals surface area (Å²) in [6, 6.07) is 17.2. The van der Waals surface area contributed by atoms with Crippen LogP contribution in [0.25, 0.3) is 0 Å². The second kappa shape index (κ2) is 5.02. The maximum atomic E-state index is 12.0. The van der Waals surface area contributed by atoms with Crippen LogP contribution in [0.5, 0.6) is 0 Å². The van der Waals surface area contributed by atoms with Gasteiger partial charge in [-0.3, -0.25) is 4.90 Å². The lowest BCUT2D eigenvalue weighted by atomic mass is 10.2.